The van der Waals surface area contributed by atoms with Gasteiger partial charge in [0.25, 0.3) is 0 Å². The van der Waals surface area contributed by atoms with Gasteiger partial charge in [-0.1, -0.05) is 6.08 Å². The molecule has 0 saturated carbocycles. The maximum absolute atomic E-state index is 11.2. The van der Waals surface area contributed by atoms with Gasteiger partial charge in [-0.25, -0.2) is 0 Å². The van der Waals surface area contributed by atoms with Crippen LogP contribution in [-0.2, 0) is 9.47 Å². The van der Waals surface area contributed by atoms with E-state index in [0.717, 1.165) is 5.70 Å². The van der Waals surface area contributed by atoms with Crippen molar-refractivity contribution < 1.29 is 28.8 Å². The summed E-state index contributed by atoms with van der Waals surface area (Å²) in [4.78, 5) is 0. The van der Waals surface area contributed by atoms with Gasteiger partial charge >= 0.3 is 0 Å². The van der Waals surface area contributed by atoms with Crippen LogP contribution < -0.4 is 19.5 Å². The van der Waals surface area contributed by atoms with Crippen molar-refractivity contribution in [1.29, 1.82) is 0 Å². The molecule has 0 amide bonds. The van der Waals surface area contributed by atoms with Gasteiger partial charge in [0.05, 0.1) is 34.1 Å². The predicted molar refractivity (Wildman–Crippen MR) is 102 cm³/mol. The Balaban J connectivity index is 2.58. The summed E-state index contributed by atoms with van der Waals surface area (Å²) >= 11 is 0. The molecule has 0 bridgehead atoms. The summed E-state index contributed by atoms with van der Waals surface area (Å²) in [5, 5.41) is 14.3. The Hall–Kier alpha value is -2.38. The third-order valence-corrected chi connectivity index (χ3v) is 4.96. The van der Waals surface area contributed by atoms with Crippen molar-refractivity contribution in [1.82, 2.24) is 5.32 Å². The first-order valence-corrected chi connectivity index (χ1v) is 8.61. The average molecular weight is 379 g/mol. The minimum absolute atomic E-state index is 0.409. The third-order valence-electron chi connectivity index (χ3n) is 4.96. The van der Waals surface area contributed by atoms with Crippen molar-refractivity contribution in [2.75, 3.05) is 42.6 Å². The number of aliphatic hydroxyl groups excluding tert-OH is 1. The zero-order valence-electron chi connectivity index (χ0n) is 17.0. The van der Waals surface area contributed by atoms with Gasteiger partial charge in [0, 0.05) is 31.7 Å². The average Bonchev–Trinajstić information content (AvgIpc) is 2.71. The lowest BCUT2D eigenvalue weighted by Crippen LogP contribution is -2.39. The molecule has 0 spiro atoms. The second kappa shape index (κ2) is 8.54. The van der Waals surface area contributed by atoms with Crippen LogP contribution in [0, 0.1) is 0 Å². The minimum atomic E-state index is -0.987. The maximum Gasteiger partial charge on any atom is 0.203 e. The fourth-order valence-electron chi connectivity index (χ4n) is 3.41. The van der Waals surface area contributed by atoms with Crippen molar-refractivity contribution in [3.8, 4) is 17.2 Å². The minimum Gasteiger partial charge on any atom is -0.494 e. The van der Waals surface area contributed by atoms with Gasteiger partial charge in [-0.3, -0.25) is 0 Å². The molecule has 0 aromatic heterocycles. The summed E-state index contributed by atoms with van der Waals surface area (Å²) in [5.41, 5.74) is 1.38. The third kappa shape index (κ3) is 3.57. The Morgan fingerprint density at radius 3 is 2.15 bits per heavy atom. The second-order valence-electron chi connectivity index (χ2n) is 6.28. The van der Waals surface area contributed by atoms with Crippen LogP contribution in [0.15, 0.2) is 35.2 Å². The Bertz CT molecular complexity index is 742. The number of hydrogen-bond donors (Lipinski definition) is 2. The fraction of sp³-hybridized carbons (Fsp3) is 0.500. The van der Waals surface area contributed by atoms with E-state index in [1.807, 2.05) is 13.0 Å². The van der Waals surface area contributed by atoms with E-state index >= 15 is 0 Å². The van der Waals surface area contributed by atoms with E-state index < -0.39 is 11.7 Å². The molecule has 7 heteroatoms. The lowest BCUT2D eigenvalue weighted by Gasteiger charge is -2.36. The van der Waals surface area contributed by atoms with Gasteiger partial charge in [-0.05, 0) is 19.1 Å². The topological polar surface area (TPSA) is 78.4 Å². The highest BCUT2D eigenvalue weighted by molar-refractivity contribution is 5.58. The normalized spacial score (nSPS) is 20.7. The lowest BCUT2D eigenvalue weighted by molar-refractivity contribution is 0.0269. The van der Waals surface area contributed by atoms with E-state index in [4.69, 9.17) is 23.7 Å². The zero-order valence-corrected chi connectivity index (χ0v) is 17.0. The van der Waals surface area contributed by atoms with Crippen LogP contribution in [0.4, 0.5) is 0 Å². The molecule has 0 aliphatic heterocycles. The van der Waals surface area contributed by atoms with Crippen molar-refractivity contribution in [3.63, 3.8) is 0 Å². The maximum atomic E-state index is 11.2. The van der Waals surface area contributed by atoms with Crippen LogP contribution in [0.1, 0.15) is 25.0 Å². The van der Waals surface area contributed by atoms with Crippen molar-refractivity contribution in [3.05, 3.63) is 40.8 Å². The van der Waals surface area contributed by atoms with Gasteiger partial charge in [0.15, 0.2) is 11.5 Å². The molecule has 27 heavy (non-hydrogen) atoms. The summed E-state index contributed by atoms with van der Waals surface area (Å²) < 4.78 is 27.6. The molecule has 0 heterocycles. The molecule has 150 valence electrons. The van der Waals surface area contributed by atoms with Crippen LogP contribution >= 0.6 is 0 Å². The van der Waals surface area contributed by atoms with Crippen molar-refractivity contribution in [2.45, 2.75) is 25.0 Å². The SMILES string of the molecule is CNC1=C(OC)C(C(O)c2ccc(OC)c(OC)c2OC)=CCC1(C)OC. The van der Waals surface area contributed by atoms with E-state index in [1.165, 1.54) is 14.2 Å². The highest BCUT2D eigenvalue weighted by atomic mass is 16.5. The summed E-state index contributed by atoms with van der Waals surface area (Å²) in [6.07, 6.45) is 1.51. The number of benzene rings is 1. The van der Waals surface area contributed by atoms with E-state index in [1.54, 1.807) is 40.5 Å². The van der Waals surface area contributed by atoms with Crippen molar-refractivity contribution in [2.24, 2.45) is 0 Å². The molecule has 1 aromatic carbocycles. The molecule has 1 aliphatic rings. The smallest absolute Gasteiger partial charge is 0.203 e. The standard InChI is InChI=1S/C20H29NO6/c1-20(27-7)11-10-13(17(25-5)19(20)21-2)15(22)12-8-9-14(23-3)18(26-6)16(12)24-4/h8-10,15,21-22H,11H2,1-7H3. The zero-order chi connectivity index (χ0) is 20.2. The second-order valence-corrected chi connectivity index (χ2v) is 6.28. The largest absolute Gasteiger partial charge is 0.494 e. The Morgan fingerprint density at radius 1 is 1.00 bits per heavy atom. The molecule has 0 saturated heterocycles. The summed E-state index contributed by atoms with van der Waals surface area (Å²) in [6.45, 7) is 1.97. The number of rotatable bonds is 8. The number of methoxy groups -OCH3 is 5. The first-order chi connectivity index (χ1) is 12.9. The Labute approximate surface area is 160 Å². The molecule has 2 N–H and O–H groups in total. The Kier molecular flexibility index (Phi) is 6.62. The number of ether oxygens (including phenoxy) is 5. The van der Waals surface area contributed by atoms with Gasteiger partial charge in [-0.2, -0.15) is 0 Å². The number of aliphatic hydroxyl groups is 1. The van der Waals surface area contributed by atoms with Crippen LogP contribution in [0.25, 0.3) is 0 Å². The molecule has 2 unspecified atom stereocenters. The number of hydrogen-bond acceptors (Lipinski definition) is 7. The van der Waals surface area contributed by atoms with Crippen LogP contribution in [-0.4, -0.2) is 53.3 Å². The summed E-state index contributed by atoms with van der Waals surface area (Å²) in [5.74, 6) is 1.89. The first kappa shape index (κ1) is 20.9. The van der Waals surface area contributed by atoms with Gasteiger partial charge in [0.1, 0.15) is 17.5 Å². The molecule has 0 radical (unpaired) electrons. The monoisotopic (exact) mass is 379 g/mol. The first-order valence-electron chi connectivity index (χ1n) is 8.61. The van der Waals surface area contributed by atoms with Gasteiger partial charge < -0.3 is 34.1 Å². The van der Waals surface area contributed by atoms with E-state index in [0.29, 0.717) is 40.6 Å². The molecule has 1 aromatic rings. The van der Waals surface area contributed by atoms with Crippen molar-refractivity contribution >= 4 is 0 Å². The molecular weight excluding hydrogens is 350 g/mol. The number of nitrogens with one attached hydrogen (secondary N) is 1. The van der Waals surface area contributed by atoms with E-state index in [2.05, 4.69) is 5.32 Å². The van der Waals surface area contributed by atoms with Gasteiger partial charge in [0.2, 0.25) is 5.75 Å². The fourth-order valence-corrected chi connectivity index (χ4v) is 3.41. The highest BCUT2D eigenvalue weighted by Gasteiger charge is 2.38. The molecule has 7 nitrogen and oxygen atoms in total. The van der Waals surface area contributed by atoms with E-state index in [-0.39, 0.29) is 0 Å². The number of likely N-dealkylation sites (N-methyl/N-ethyl adjacent to an activating group) is 1. The molecule has 1 aliphatic carbocycles. The summed E-state index contributed by atoms with van der Waals surface area (Å²) in [7, 11) is 9.63. The summed E-state index contributed by atoms with van der Waals surface area (Å²) in [6, 6.07) is 3.49. The lowest BCUT2D eigenvalue weighted by atomic mass is 9.85. The molecule has 2 atom stereocenters. The molecule has 0 fully saturated rings. The quantitative estimate of drug-likeness (QED) is 0.719. The molecule has 2 rings (SSSR count). The highest BCUT2D eigenvalue weighted by Crippen LogP contribution is 2.46. The Morgan fingerprint density at radius 2 is 1.67 bits per heavy atom. The van der Waals surface area contributed by atoms with Crippen LogP contribution in [0.3, 0.4) is 0 Å². The van der Waals surface area contributed by atoms with Gasteiger partial charge in [-0.15, -0.1) is 0 Å². The predicted octanol–water partition coefficient (Wildman–Crippen LogP) is 2.56. The van der Waals surface area contributed by atoms with E-state index in [9.17, 15) is 5.11 Å². The molecular formula is C20H29NO6. The van der Waals surface area contributed by atoms with Crippen LogP contribution in [0.5, 0.6) is 17.2 Å². The van der Waals surface area contributed by atoms with Crippen LogP contribution in [0.2, 0.25) is 0 Å².